The fourth-order valence-corrected chi connectivity index (χ4v) is 5.14. The first-order chi connectivity index (χ1) is 13.3. The monoisotopic (exact) mass is 404 g/mol. The average molecular weight is 404 g/mol. The van der Waals surface area contributed by atoms with E-state index < -0.39 is 9.84 Å². The Labute approximate surface area is 162 Å². The number of carbonyl (C=O) groups is 1. The molecule has 1 saturated heterocycles. The summed E-state index contributed by atoms with van der Waals surface area (Å²) in [4.78, 5) is 12.3. The lowest BCUT2D eigenvalue weighted by Gasteiger charge is -2.10. The number of hydrogen-bond acceptors (Lipinski definition) is 7. The van der Waals surface area contributed by atoms with Crippen LogP contribution in [0.2, 0.25) is 0 Å². The predicted octanol–water partition coefficient (Wildman–Crippen LogP) is 1.35. The van der Waals surface area contributed by atoms with Gasteiger partial charge in [-0.3, -0.25) is 9.48 Å². The number of aromatic nitrogens is 2. The molecule has 4 rings (SSSR count). The van der Waals surface area contributed by atoms with E-state index in [1.54, 1.807) is 22.9 Å². The van der Waals surface area contributed by atoms with E-state index in [1.807, 2.05) is 13.8 Å². The van der Waals surface area contributed by atoms with Gasteiger partial charge in [-0.05, 0) is 38.5 Å². The van der Waals surface area contributed by atoms with Crippen LogP contribution in [0.4, 0.5) is 0 Å². The molecule has 1 N–H and O–H groups in total. The Kier molecular flexibility index (Phi) is 4.58. The molecule has 1 amide bonds. The van der Waals surface area contributed by atoms with Crippen LogP contribution in [0.25, 0.3) is 0 Å². The van der Waals surface area contributed by atoms with Gasteiger partial charge < -0.3 is 9.47 Å². The lowest BCUT2D eigenvalue weighted by atomic mass is 10.2. The third kappa shape index (κ3) is 3.47. The fourth-order valence-electron chi connectivity index (χ4n) is 3.44. The second-order valence-corrected chi connectivity index (χ2v) is 9.08. The SMILES string of the molecule is Cc1nn([C@H]2CCS(=O)(=O)C2)c(C)c1/C=N\NC(=O)c1ccc2c(c1)OCO2. The minimum atomic E-state index is -3.00. The zero-order valence-electron chi connectivity index (χ0n) is 15.5. The van der Waals surface area contributed by atoms with Crippen molar-refractivity contribution in [2.24, 2.45) is 5.10 Å². The van der Waals surface area contributed by atoms with E-state index in [0.717, 1.165) is 17.0 Å². The van der Waals surface area contributed by atoms with Gasteiger partial charge in [0, 0.05) is 16.8 Å². The van der Waals surface area contributed by atoms with Crippen molar-refractivity contribution < 1.29 is 22.7 Å². The quantitative estimate of drug-likeness (QED) is 0.608. The van der Waals surface area contributed by atoms with E-state index in [9.17, 15) is 13.2 Å². The van der Waals surface area contributed by atoms with Gasteiger partial charge in [0.05, 0.1) is 29.5 Å². The Morgan fingerprint density at radius 1 is 1.32 bits per heavy atom. The molecule has 1 fully saturated rings. The van der Waals surface area contributed by atoms with E-state index in [2.05, 4.69) is 15.6 Å². The van der Waals surface area contributed by atoms with E-state index in [0.29, 0.717) is 23.5 Å². The number of carbonyl (C=O) groups excluding carboxylic acids is 1. The van der Waals surface area contributed by atoms with Gasteiger partial charge >= 0.3 is 0 Å². The number of nitrogens with zero attached hydrogens (tertiary/aromatic N) is 3. The molecule has 3 heterocycles. The maximum atomic E-state index is 12.3. The average Bonchev–Trinajstić information content (AvgIpc) is 3.33. The van der Waals surface area contributed by atoms with Crippen molar-refractivity contribution in [1.82, 2.24) is 15.2 Å². The molecule has 1 atom stereocenters. The van der Waals surface area contributed by atoms with E-state index in [-0.39, 0.29) is 30.2 Å². The van der Waals surface area contributed by atoms with Crippen LogP contribution in [0.3, 0.4) is 0 Å². The van der Waals surface area contributed by atoms with Crippen LogP contribution in [0.5, 0.6) is 11.5 Å². The third-order valence-electron chi connectivity index (χ3n) is 4.93. The summed E-state index contributed by atoms with van der Waals surface area (Å²) in [5.74, 6) is 1.04. The fraction of sp³-hybridized carbons (Fsp3) is 0.389. The predicted molar refractivity (Wildman–Crippen MR) is 102 cm³/mol. The first-order valence-corrected chi connectivity index (χ1v) is 10.7. The topological polar surface area (TPSA) is 112 Å². The highest BCUT2D eigenvalue weighted by Gasteiger charge is 2.31. The Morgan fingerprint density at radius 3 is 2.86 bits per heavy atom. The lowest BCUT2D eigenvalue weighted by Crippen LogP contribution is -2.17. The summed E-state index contributed by atoms with van der Waals surface area (Å²) < 4.78 is 35.7. The molecule has 2 aliphatic heterocycles. The van der Waals surface area contributed by atoms with Gasteiger partial charge in [0.1, 0.15) is 0 Å². The first kappa shape index (κ1) is 18.5. The van der Waals surface area contributed by atoms with Crippen molar-refractivity contribution >= 4 is 22.0 Å². The normalized spacial score (nSPS) is 20.0. The molecule has 10 heteroatoms. The van der Waals surface area contributed by atoms with Crippen molar-refractivity contribution in [3.8, 4) is 11.5 Å². The van der Waals surface area contributed by atoms with Crippen LogP contribution in [-0.4, -0.2) is 48.6 Å². The minimum absolute atomic E-state index is 0.104. The molecular formula is C18H20N4O5S. The van der Waals surface area contributed by atoms with Gasteiger partial charge in [-0.2, -0.15) is 10.2 Å². The summed E-state index contributed by atoms with van der Waals surface area (Å²) in [6.45, 7) is 3.84. The van der Waals surface area contributed by atoms with Crippen molar-refractivity contribution in [3.63, 3.8) is 0 Å². The molecule has 0 unspecified atom stereocenters. The molecule has 0 radical (unpaired) electrons. The molecule has 9 nitrogen and oxygen atoms in total. The molecule has 148 valence electrons. The highest BCUT2D eigenvalue weighted by atomic mass is 32.2. The summed E-state index contributed by atoms with van der Waals surface area (Å²) in [6.07, 6.45) is 2.09. The van der Waals surface area contributed by atoms with Crippen LogP contribution >= 0.6 is 0 Å². The van der Waals surface area contributed by atoms with Gasteiger partial charge in [-0.15, -0.1) is 0 Å². The second kappa shape index (κ2) is 6.93. The molecule has 0 aliphatic carbocycles. The molecule has 2 aromatic rings. The summed E-state index contributed by atoms with van der Waals surface area (Å²) in [6, 6.07) is 4.75. The van der Waals surface area contributed by atoms with Gasteiger partial charge in [-0.1, -0.05) is 0 Å². The zero-order valence-corrected chi connectivity index (χ0v) is 16.3. The Balaban J connectivity index is 1.47. The number of sulfone groups is 1. The lowest BCUT2D eigenvalue weighted by molar-refractivity contribution is 0.0954. The number of rotatable bonds is 4. The molecule has 0 spiro atoms. The Morgan fingerprint density at radius 2 is 2.11 bits per heavy atom. The van der Waals surface area contributed by atoms with Crippen molar-refractivity contribution in [2.45, 2.75) is 26.3 Å². The number of hydrazone groups is 1. The van der Waals surface area contributed by atoms with Gasteiger partial charge in [0.25, 0.3) is 5.91 Å². The first-order valence-electron chi connectivity index (χ1n) is 8.83. The van der Waals surface area contributed by atoms with Gasteiger partial charge in [0.15, 0.2) is 21.3 Å². The number of benzene rings is 1. The maximum absolute atomic E-state index is 12.3. The summed E-state index contributed by atoms with van der Waals surface area (Å²) >= 11 is 0. The van der Waals surface area contributed by atoms with Crippen LogP contribution in [0.1, 0.15) is 39.8 Å². The Hall–Kier alpha value is -2.88. The number of ether oxygens (including phenoxy) is 2. The van der Waals surface area contributed by atoms with E-state index in [4.69, 9.17) is 9.47 Å². The largest absolute Gasteiger partial charge is 0.454 e. The van der Waals surface area contributed by atoms with Crippen molar-refractivity contribution in [3.05, 3.63) is 40.7 Å². The standard InChI is InChI=1S/C18H20N4O5S/c1-11-15(12(2)22(21-11)14-5-6-28(24,25)9-14)8-19-20-18(23)13-3-4-16-17(7-13)27-10-26-16/h3-4,7-8,14H,5-6,9-10H2,1-2H3,(H,20,23)/b19-8-/t14-/m0/s1. The van der Waals surface area contributed by atoms with Crippen LogP contribution in [0.15, 0.2) is 23.3 Å². The highest BCUT2D eigenvalue weighted by Crippen LogP contribution is 2.32. The van der Waals surface area contributed by atoms with Crippen molar-refractivity contribution in [1.29, 1.82) is 0 Å². The molecule has 0 bridgehead atoms. The second-order valence-electron chi connectivity index (χ2n) is 6.85. The Bertz CT molecular complexity index is 1070. The highest BCUT2D eigenvalue weighted by molar-refractivity contribution is 7.91. The zero-order chi connectivity index (χ0) is 19.9. The molecule has 2 aliphatic rings. The number of fused-ring (bicyclic) bond motifs is 1. The number of amides is 1. The van der Waals surface area contributed by atoms with E-state index >= 15 is 0 Å². The number of nitrogens with one attached hydrogen (secondary N) is 1. The van der Waals surface area contributed by atoms with Crippen LogP contribution < -0.4 is 14.9 Å². The molecule has 0 saturated carbocycles. The smallest absolute Gasteiger partial charge is 0.271 e. The summed E-state index contributed by atoms with van der Waals surface area (Å²) in [5, 5.41) is 8.50. The molecule has 1 aromatic carbocycles. The van der Waals surface area contributed by atoms with Gasteiger partial charge in [-0.25, -0.2) is 13.8 Å². The van der Waals surface area contributed by atoms with Crippen LogP contribution in [-0.2, 0) is 9.84 Å². The number of aryl methyl sites for hydroxylation is 1. The summed E-state index contributed by atoms with van der Waals surface area (Å²) in [5.41, 5.74) is 5.19. The summed E-state index contributed by atoms with van der Waals surface area (Å²) in [7, 11) is -3.00. The van der Waals surface area contributed by atoms with Crippen molar-refractivity contribution in [2.75, 3.05) is 18.3 Å². The molecule has 28 heavy (non-hydrogen) atoms. The van der Waals surface area contributed by atoms with Crippen LogP contribution in [0, 0.1) is 13.8 Å². The third-order valence-corrected chi connectivity index (χ3v) is 6.68. The van der Waals surface area contributed by atoms with Gasteiger partial charge in [0.2, 0.25) is 6.79 Å². The maximum Gasteiger partial charge on any atom is 0.271 e. The molecule has 1 aromatic heterocycles. The minimum Gasteiger partial charge on any atom is -0.454 e. The van der Waals surface area contributed by atoms with E-state index in [1.165, 1.54) is 6.21 Å². The number of hydrogen-bond donors (Lipinski definition) is 1. The molecular weight excluding hydrogens is 384 g/mol.